The van der Waals surface area contributed by atoms with Crippen molar-refractivity contribution >= 4 is 11.4 Å². The Hall–Kier alpha value is -1.63. The smallest absolute Gasteiger partial charge is 0.158 e. The van der Waals surface area contributed by atoms with Gasteiger partial charge in [0.15, 0.2) is 5.78 Å². The summed E-state index contributed by atoms with van der Waals surface area (Å²) >= 11 is 0. The van der Waals surface area contributed by atoms with Gasteiger partial charge in [0.05, 0.1) is 0 Å². The van der Waals surface area contributed by atoms with E-state index in [1.807, 2.05) is 6.92 Å². The van der Waals surface area contributed by atoms with Gasteiger partial charge in [-0.25, -0.2) is 0 Å². The molecule has 1 atom stereocenters. The van der Waals surface area contributed by atoms with Crippen LogP contribution in [0.1, 0.15) is 51.7 Å². The van der Waals surface area contributed by atoms with Crippen LogP contribution in [-0.2, 0) is 11.2 Å². The Kier molecular flexibility index (Phi) is 2.97. The van der Waals surface area contributed by atoms with Gasteiger partial charge >= 0.3 is 0 Å². The van der Waals surface area contributed by atoms with Gasteiger partial charge in [0.1, 0.15) is 0 Å². The Morgan fingerprint density at radius 3 is 2.55 bits per heavy atom. The Bertz CT molecular complexity index is 656. The number of fused-ring (bicyclic) bond motifs is 3. The molecule has 0 aliphatic heterocycles. The normalized spacial score (nSPS) is 24.5. The summed E-state index contributed by atoms with van der Waals surface area (Å²) in [6.45, 7) is 8.66. The Balaban J connectivity index is 2.32. The number of allylic oxidation sites excluding steroid dienone is 4. The van der Waals surface area contributed by atoms with Crippen LogP contribution in [0.3, 0.4) is 0 Å². The van der Waals surface area contributed by atoms with Gasteiger partial charge in [-0.1, -0.05) is 35.4 Å². The average molecular weight is 266 g/mol. The van der Waals surface area contributed by atoms with Gasteiger partial charge in [0, 0.05) is 11.8 Å². The molecule has 1 aromatic carbocycles. The molecule has 0 fully saturated rings. The van der Waals surface area contributed by atoms with Crippen LogP contribution in [-0.4, -0.2) is 5.78 Å². The number of hydrogen-bond donors (Lipinski definition) is 0. The number of benzene rings is 1. The van der Waals surface area contributed by atoms with Crippen LogP contribution in [0.15, 0.2) is 41.0 Å². The summed E-state index contributed by atoms with van der Waals surface area (Å²) in [6, 6.07) is 8.61. The minimum atomic E-state index is 0.0700. The predicted molar refractivity (Wildman–Crippen MR) is 83.5 cm³/mol. The molecule has 1 heteroatoms. The van der Waals surface area contributed by atoms with Crippen molar-refractivity contribution in [1.29, 1.82) is 0 Å². The van der Waals surface area contributed by atoms with Gasteiger partial charge in [-0.3, -0.25) is 4.79 Å². The highest BCUT2D eigenvalue weighted by atomic mass is 16.1. The monoisotopic (exact) mass is 266 g/mol. The van der Waals surface area contributed by atoms with Crippen LogP contribution in [0.2, 0.25) is 0 Å². The van der Waals surface area contributed by atoms with Gasteiger partial charge in [-0.2, -0.15) is 0 Å². The van der Waals surface area contributed by atoms with Crippen molar-refractivity contribution < 1.29 is 4.79 Å². The molecule has 1 nitrogen and oxygen atoms in total. The topological polar surface area (TPSA) is 17.1 Å². The molecule has 0 bridgehead atoms. The lowest BCUT2D eigenvalue weighted by Crippen LogP contribution is -2.29. The van der Waals surface area contributed by atoms with Crippen LogP contribution in [0.5, 0.6) is 0 Å². The number of ketones is 1. The molecular formula is C19H22O. The molecule has 1 aromatic rings. The van der Waals surface area contributed by atoms with Crippen molar-refractivity contribution in [2.45, 2.75) is 47.0 Å². The number of carbonyl (C=O) groups excluding carboxylic acids is 1. The third kappa shape index (κ3) is 1.65. The summed E-state index contributed by atoms with van der Waals surface area (Å²) in [4.78, 5) is 12.2. The van der Waals surface area contributed by atoms with E-state index in [1.165, 1.54) is 27.8 Å². The third-order valence-electron chi connectivity index (χ3n) is 5.30. The quantitative estimate of drug-likeness (QED) is 0.672. The van der Waals surface area contributed by atoms with E-state index in [-0.39, 0.29) is 5.41 Å². The predicted octanol–water partition coefficient (Wildman–Crippen LogP) is 4.72. The summed E-state index contributed by atoms with van der Waals surface area (Å²) in [6.07, 6.45) is 2.71. The summed E-state index contributed by atoms with van der Waals surface area (Å²) in [5.74, 6) is 0.328. The first-order chi connectivity index (χ1) is 9.47. The van der Waals surface area contributed by atoms with Crippen molar-refractivity contribution in [3.63, 3.8) is 0 Å². The van der Waals surface area contributed by atoms with E-state index in [4.69, 9.17) is 0 Å². The van der Waals surface area contributed by atoms with Crippen LogP contribution in [0.25, 0.3) is 5.57 Å². The maximum atomic E-state index is 12.2. The number of Topliss-reactive ketones (excluding diaryl/α,β-unsaturated/α-hetero) is 1. The lowest BCUT2D eigenvalue weighted by Gasteiger charge is -2.38. The maximum absolute atomic E-state index is 12.2. The molecule has 2 aliphatic carbocycles. The van der Waals surface area contributed by atoms with Crippen LogP contribution in [0, 0.1) is 5.41 Å². The summed E-state index contributed by atoms with van der Waals surface area (Å²) < 4.78 is 0. The molecule has 104 valence electrons. The van der Waals surface area contributed by atoms with Crippen LogP contribution in [0.4, 0.5) is 0 Å². The van der Waals surface area contributed by atoms with Gasteiger partial charge in [0.2, 0.25) is 0 Å². The van der Waals surface area contributed by atoms with Crippen LogP contribution >= 0.6 is 0 Å². The van der Waals surface area contributed by atoms with E-state index >= 15 is 0 Å². The highest BCUT2D eigenvalue weighted by Crippen LogP contribution is 2.57. The van der Waals surface area contributed by atoms with Crippen LogP contribution < -0.4 is 0 Å². The highest BCUT2D eigenvalue weighted by Gasteiger charge is 2.47. The number of carbonyl (C=O) groups is 1. The van der Waals surface area contributed by atoms with Crippen molar-refractivity contribution in [3.05, 3.63) is 52.1 Å². The molecule has 0 saturated carbocycles. The first kappa shape index (κ1) is 13.4. The standard InChI is InChI=1S/C19H22O/c1-12(2)14(4)19-10-9-17(20)13(3)18(19)16-8-6-5-7-15(16)11-19/h5-8H,9-11H2,1-4H3. The molecule has 0 saturated heterocycles. The Morgan fingerprint density at radius 2 is 1.85 bits per heavy atom. The van der Waals surface area contributed by atoms with E-state index in [1.54, 1.807) is 0 Å². The second kappa shape index (κ2) is 4.44. The first-order valence-electron chi connectivity index (χ1n) is 7.45. The molecule has 0 heterocycles. The van der Waals surface area contributed by atoms with Gasteiger partial charge in [0.25, 0.3) is 0 Å². The average Bonchev–Trinajstić information content (AvgIpc) is 2.78. The van der Waals surface area contributed by atoms with Gasteiger partial charge in [-0.05, 0) is 62.8 Å². The minimum Gasteiger partial charge on any atom is -0.295 e. The Morgan fingerprint density at radius 1 is 1.15 bits per heavy atom. The number of rotatable bonds is 1. The molecule has 0 N–H and O–H groups in total. The van der Waals surface area contributed by atoms with Crippen molar-refractivity contribution in [2.75, 3.05) is 0 Å². The second-order valence-corrected chi connectivity index (χ2v) is 6.46. The molecule has 2 aliphatic rings. The SMILES string of the molecule is CC(C)=C(C)C12CCC(=O)C(C)=C1c1ccccc1C2. The molecule has 20 heavy (non-hydrogen) atoms. The van der Waals surface area contributed by atoms with E-state index < -0.39 is 0 Å². The second-order valence-electron chi connectivity index (χ2n) is 6.46. The van der Waals surface area contributed by atoms with Crippen molar-refractivity contribution in [3.8, 4) is 0 Å². The molecular weight excluding hydrogens is 244 g/mol. The summed E-state index contributed by atoms with van der Waals surface area (Å²) in [5.41, 5.74) is 7.91. The van der Waals surface area contributed by atoms with Crippen molar-refractivity contribution in [1.82, 2.24) is 0 Å². The molecule has 3 rings (SSSR count). The summed E-state index contributed by atoms with van der Waals surface area (Å²) in [7, 11) is 0. The first-order valence-corrected chi connectivity index (χ1v) is 7.45. The van der Waals surface area contributed by atoms with Gasteiger partial charge in [-0.15, -0.1) is 0 Å². The summed E-state index contributed by atoms with van der Waals surface area (Å²) in [5, 5.41) is 0. The Labute approximate surface area is 121 Å². The lowest BCUT2D eigenvalue weighted by atomic mass is 9.65. The number of hydrogen-bond acceptors (Lipinski definition) is 1. The molecule has 0 radical (unpaired) electrons. The van der Waals surface area contributed by atoms with E-state index in [9.17, 15) is 4.79 Å². The zero-order chi connectivity index (χ0) is 14.5. The van der Waals surface area contributed by atoms with E-state index in [2.05, 4.69) is 45.0 Å². The largest absolute Gasteiger partial charge is 0.295 e. The molecule has 0 amide bonds. The molecule has 0 spiro atoms. The highest BCUT2D eigenvalue weighted by molar-refractivity contribution is 6.06. The zero-order valence-corrected chi connectivity index (χ0v) is 12.8. The fourth-order valence-electron chi connectivity index (χ4n) is 4.00. The zero-order valence-electron chi connectivity index (χ0n) is 12.8. The van der Waals surface area contributed by atoms with E-state index in [0.717, 1.165) is 18.4 Å². The lowest BCUT2D eigenvalue weighted by molar-refractivity contribution is -0.116. The van der Waals surface area contributed by atoms with Crippen molar-refractivity contribution in [2.24, 2.45) is 5.41 Å². The van der Waals surface area contributed by atoms with Gasteiger partial charge < -0.3 is 0 Å². The van der Waals surface area contributed by atoms with E-state index in [0.29, 0.717) is 12.2 Å². The third-order valence-corrected chi connectivity index (χ3v) is 5.30. The maximum Gasteiger partial charge on any atom is 0.158 e. The fourth-order valence-corrected chi connectivity index (χ4v) is 4.00. The molecule has 0 aromatic heterocycles. The minimum absolute atomic E-state index is 0.0700. The molecule has 1 unspecified atom stereocenters. The fraction of sp³-hybridized carbons (Fsp3) is 0.421.